The van der Waals surface area contributed by atoms with Gasteiger partial charge in [-0.2, -0.15) is 0 Å². The summed E-state index contributed by atoms with van der Waals surface area (Å²) in [6.07, 6.45) is 5.66. The van der Waals surface area contributed by atoms with Crippen LogP contribution in [0.15, 0.2) is 22.7 Å². The molecule has 2 rings (SSSR count). The minimum Gasteiger partial charge on any atom is -0.325 e. The van der Waals surface area contributed by atoms with Crippen molar-refractivity contribution < 1.29 is 4.79 Å². The molecule has 1 aliphatic rings. The second-order valence-electron chi connectivity index (χ2n) is 4.89. The number of aryl methyl sites for hydroxylation is 1. The van der Waals surface area contributed by atoms with Crippen LogP contribution in [0.5, 0.6) is 0 Å². The van der Waals surface area contributed by atoms with Crippen molar-refractivity contribution in [3.63, 3.8) is 0 Å². The number of amides is 1. The van der Waals surface area contributed by atoms with Crippen LogP contribution in [-0.4, -0.2) is 5.91 Å². The molecule has 1 aliphatic carbocycles. The zero-order valence-electron chi connectivity index (χ0n) is 10.1. The van der Waals surface area contributed by atoms with Crippen molar-refractivity contribution in [3.8, 4) is 0 Å². The molecule has 0 bridgehead atoms. The number of anilines is 1. The molecule has 0 unspecified atom stereocenters. The van der Waals surface area contributed by atoms with Crippen molar-refractivity contribution in [2.75, 3.05) is 5.32 Å². The normalized spacial score (nSPS) is 16.1. The largest absolute Gasteiger partial charge is 0.325 e. The van der Waals surface area contributed by atoms with E-state index >= 15 is 0 Å². The Labute approximate surface area is 111 Å². The van der Waals surface area contributed by atoms with E-state index in [9.17, 15) is 4.79 Å². The smallest absolute Gasteiger partial charge is 0.224 e. The third-order valence-electron chi connectivity index (χ3n) is 3.34. The van der Waals surface area contributed by atoms with Crippen LogP contribution in [0.1, 0.15) is 37.7 Å². The summed E-state index contributed by atoms with van der Waals surface area (Å²) in [4.78, 5) is 11.9. The molecule has 17 heavy (non-hydrogen) atoms. The van der Waals surface area contributed by atoms with Crippen molar-refractivity contribution in [1.29, 1.82) is 0 Å². The molecule has 2 nitrogen and oxygen atoms in total. The highest BCUT2D eigenvalue weighted by molar-refractivity contribution is 9.10. The molecule has 1 N–H and O–H groups in total. The van der Waals surface area contributed by atoms with Crippen LogP contribution in [0.4, 0.5) is 5.69 Å². The van der Waals surface area contributed by atoms with Crippen LogP contribution in [0.2, 0.25) is 0 Å². The maximum absolute atomic E-state index is 11.9. The number of halogens is 1. The van der Waals surface area contributed by atoms with Gasteiger partial charge in [-0.15, -0.1) is 0 Å². The lowest BCUT2D eigenvalue weighted by Crippen LogP contribution is -2.15. The summed E-state index contributed by atoms with van der Waals surface area (Å²) >= 11 is 3.46. The number of rotatable bonds is 3. The summed E-state index contributed by atoms with van der Waals surface area (Å²) in [5.74, 6) is 0.738. The van der Waals surface area contributed by atoms with E-state index in [0.717, 1.165) is 15.7 Å². The van der Waals surface area contributed by atoms with Crippen LogP contribution in [-0.2, 0) is 4.79 Å². The fourth-order valence-electron chi connectivity index (χ4n) is 2.41. The van der Waals surface area contributed by atoms with Gasteiger partial charge in [-0.3, -0.25) is 4.79 Å². The van der Waals surface area contributed by atoms with Gasteiger partial charge in [0.05, 0.1) is 5.69 Å². The van der Waals surface area contributed by atoms with Crippen LogP contribution in [0.25, 0.3) is 0 Å². The average molecular weight is 296 g/mol. The van der Waals surface area contributed by atoms with Gasteiger partial charge in [0.2, 0.25) is 5.91 Å². The van der Waals surface area contributed by atoms with Gasteiger partial charge in [-0.1, -0.05) is 18.9 Å². The molecule has 0 spiro atoms. The molecule has 0 aliphatic heterocycles. The van der Waals surface area contributed by atoms with Crippen LogP contribution >= 0.6 is 15.9 Å². The summed E-state index contributed by atoms with van der Waals surface area (Å²) in [5, 5.41) is 2.99. The van der Waals surface area contributed by atoms with Crippen LogP contribution in [0, 0.1) is 12.8 Å². The SMILES string of the molecule is Cc1ccc(Br)c(NC(=O)CC2CCCC2)c1. The number of nitrogens with one attached hydrogen (secondary N) is 1. The lowest BCUT2D eigenvalue weighted by molar-refractivity contribution is -0.117. The van der Waals surface area contributed by atoms with E-state index in [2.05, 4.69) is 21.2 Å². The first-order chi connectivity index (χ1) is 8.15. The Bertz CT molecular complexity index is 411. The molecule has 1 amide bonds. The van der Waals surface area contributed by atoms with E-state index in [1.807, 2.05) is 25.1 Å². The van der Waals surface area contributed by atoms with E-state index in [4.69, 9.17) is 0 Å². The molecule has 1 fully saturated rings. The zero-order valence-corrected chi connectivity index (χ0v) is 11.7. The highest BCUT2D eigenvalue weighted by Gasteiger charge is 2.18. The molecule has 92 valence electrons. The Balaban J connectivity index is 1.95. The van der Waals surface area contributed by atoms with Gasteiger partial charge in [0.15, 0.2) is 0 Å². The van der Waals surface area contributed by atoms with E-state index in [1.165, 1.54) is 25.7 Å². The summed E-state index contributed by atoms with van der Waals surface area (Å²) < 4.78 is 0.947. The summed E-state index contributed by atoms with van der Waals surface area (Å²) in [6.45, 7) is 2.03. The van der Waals surface area contributed by atoms with Crippen molar-refractivity contribution >= 4 is 27.5 Å². The number of carbonyl (C=O) groups is 1. The Hall–Kier alpha value is -0.830. The van der Waals surface area contributed by atoms with Crippen molar-refractivity contribution in [3.05, 3.63) is 28.2 Å². The Morgan fingerprint density at radius 3 is 2.82 bits per heavy atom. The first kappa shape index (κ1) is 12.6. The minimum atomic E-state index is 0.142. The lowest BCUT2D eigenvalue weighted by atomic mass is 10.0. The first-order valence-corrected chi connectivity index (χ1v) is 7.00. The maximum atomic E-state index is 11.9. The molecule has 0 radical (unpaired) electrons. The zero-order chi connectivity index (χ0) is 12.3. The Kier molecular flexibility index (Phi) is 4.21. The number of hydrogen-bond donors (Lipinski definition) is 1. The van der Waals surface area contributed by atoms with Gasteiger partial charge in [0.25, 0.3) is 0 Å². The molecule has 1 aromatic rings. The van der Waals surface area contributed by atoms with Gasteiger partial charge >= 0.3 is 0 Å². The Morgan fingerprint density at radius 1 is 1.41 bits per heavy atom. The third-order valence-corrected chi connectivity index (χ3v) is 4.04. The monoisotopic (exact) mass is 295 g/mol. The number of carbonyl (C=O) groups excluding carboxylic acids is 1. The quantitative estimate of drug-likeness (QED) is 0.886. The topological polar surface area (TPSA) is 29.1 Å². The second-order valence-corrected chi connectivity index (χ2v) is 5.74. The fourth-order valence-corrected chi connectivity index (χ4v) is 2.76. The molecule has 0 atom stereocenters. The average Bonchev–Trinajstić information content (AvgIpc) is 2.76. The summed E-state index contributed by atoms with van der Waals surface area (Å²) in [6, 6.07) is 5.99. The Morgan fingerprint density at radius 2 is 2.12 bits per heavy atom. The van der Waals surface area contributed by atoms with Gasteiger partial charge in [-0.25, -0.2) is 0 Å². The lowest BCUT2D eigenvalue weighted by Gasteiger charge is -2.11. The molecule has 3 heteroatoms. The molecular formula is C14H18BrNO. The summed E-state index contributed by atoms with van der Waals surface area (Å²) in [7, 11) is 0. The van der Waals surface area contributed by atoms with Crippen molar-refractivity contribution in [2.24, 2.45) is 5.92 Å². The van der Waals surface area contributed by atoms with Gasteiger partial charge in [0.1, 0.15) is 0 Å². The van der Waals surface area contributed by atoms with Crippen molar-refractivity contribution in [1.82, 2.24) is 0 Å². The van der Waals surface area contributed by atoms with Crippen molar-refractivity contribution in [2.45, 2.75) is 39.0 Å². The van der Waals surface area contributed by atoms with Gasteiger partial charge in [0, 0.05) is 10.9 Å². The highest BCUT2D eigenvalue weighted by Crippen LogP contribution is 2.29. The summed E-state index contributed by atoms with van der Waals surface area (Å²) in [5.41, 5.74) is 2.04. The third kappa shape index (κ3) is 3.56. The second kappa shape index (κ2) is 5.67. The fraction of sp³-hybridized carbons (Fsp3) is 0.500. The number of hydrogen-bond acceptors (Lipinski definition) is 1. The molecule has 0 aromatic heterocycles. The molecule has 0 heterocycles. The highest BCUT2D eigenvalue weighted by atomic mass is 79.9. The standard InChI is InChI=1S/C14H18BrNO/c1-10-6-7-12(15)13(8-10)16-14(17)9-11-4-2-3-5-11/h6-8,11H,2-5,9H2,1H3,(H,16,17). The van der Waals surface area contributed by atoms with Gasteiger partial charge < -0.3 is 5.32 Å². The maximum Gasteiger partial charge on any atom is 0.224 e. The van der Waals surface area contributed by atoms with E-state index in [0.29, 0.717) is 12.3 Å². The van der Waals surface area contributed by atoms with E-state index in [-0.39, 0.29) is 5.91 Å². The first-order valence-electron chi connectivity index (χ1n) is 6.21. The van der Waals surface area contributed by atoms with E-state index in [1.54, 1.807) is 0 Å². The predicted octanol–water partition coefficient (Wildman–Crippen LogP) is 4.28. The molecular weight excluding hydrogens is 278 g/mol. The van der Waals surface area contributed by atoms with E-state index < -0.39 is 0 Å². The minimum absolute atomic E-state index is 0.142. The van der Waals surface area contributed by atoms with Gasteiger partial charge in [-0.05, 0) is 59.3 Å². The predicted molar refractivity (Wildman–Crippen MR) is 74.1 cm³/mol. The number of benzene rings is 1. The molecule has 1 saturated carbocycles. The van der Waals surface area contributed by atoms with Crippen LogP contribution in [0.3, 0.4) is 0 Å². The van der Waals surface area contributed by atoms with Crippen LogP contribution < -0.4 is 5.32 Å². The molecule has 0 saturated heterocycles. The molecule has 1 aromatic carbocycles.